The second kappa shape index (κ2) is 8.06. The fourth-order valence-corrected chi connectivity index (χ4v) is 8.28. The van der Waals surface area contributed by atoms with Gasteiger partial charge < -0.3 is 10.6 Å². The molecular weight excluding hydrogens is 545 g/mol. The minimum atomic E-state index is -1.54. The maximum Gasteiger partial charge on any atom is 0.251 e. The number of nitrogens with zero attached hydrogens (tertiary/aromatic N) is 1. The Hall–Kier alpha value is -2.90. The summed E-state index contributed by atoms with van der Waals surface area (Å²) in [4.78, 5) is 45.7. The Balaban J connectivity index is 1.60. The molecule has 0 bridgehead atoms. The SMILES string of the molecule is Cc1c(Cl)ccc2c1NC(=O)[C@@]21N2CCC[C@@H]2[C@@H](C(=O)c2ccc(Cl)cc2Cl)[C@@]12C(=O)Nc1ccccc12. The summed E-state index contributed by atoms with van der Waals surface area (Å²) in [5.74, 6) is -1.85. The van der Waals surface area contributed by atoms with Gasteiger partial charge in [-0.15, -0.1) is 0 Å². The fraction of sp³-hybridized carbons (Fsp3) is 0.276. The van der Waals surface area contributed by atoms with Gasteiger partial charge in [-0.1, -0.05) is 59.1 Å². The van der Waals surface area contributed by atoms with E-state index in [4.69, 9.17) is 34.8 Å². The summed E-state index contributed by atoms with van der Waals surface area (Å²) in [7, 11) is 0. The van der Waals surface area contributed by atoms with Gasteiger partial charge in [-0.05, 0) is 67.8 Å². The van der Waals surface area contributed by atoms with Gasteiger partial charge in [0.15, 0.2) is 5.78 Å². The number of fused-ring (bicyclic) bond motifs is 7. The monoisotopic (exact) mass is 565 g/mol. The number of hydrogen-bond acceptors (Lipinski definition) is 4. The molecule has 0 aliphatic carbocycles. The first-order valence-corrected chi connectivity index (χ1v) is 13.7. The average molecular weight is 567 g/mol. The van der Waals surface area contributed by atoms with Crippen LogP contribution in [0.15, 0.2) is 54.6 Å². The van der Waals surface area contributed by atoms with Crippen molar-refractivity contribution in [2.45, 2.75) is 36.8 Å². The molecule has 6 nitrogen and oxygen atoms in total. The molecule has 4 aliphatic rings. The highest BCUT2D eigenvalue weighted by Gasteiger charge is 2.81. The number of Topliss-reactive ketones (excluding diaryl/α,β-unsaturated/α-hetero) is 1. The Morgan fingerprint density at radius 1 is 0.947 bits per heavy atom. The van der Waals surface area contributed by atoms with E-state index in [9.17, 15) is 14.4 Å². The van der Waals surface area contributed by atoms with E-state index in [0.29, 0.717) is 45.5 Å². The van der Waals surface area contributed by atoms with Crippen molar-refractivity contribution in [2.24, 2.45) is 5.92 Å². The van der Waals surface area contributed by atoms with Crippen LogP contribution in [0.1, 0.15) is 39.9 Å². The van der Waals surface area contributed by atoms with Crippen molar-refractivity contribution in [1.29, 1.82) is 0 Å². The Morgan fingerprint density at radius 2 is 1.74 bits per heavy atom. The molecule has 0 aromatic heterocycles. The molecule has 192 valence electrons. The van der Waals surface area contributed by atoms with Crippen molar-refractivity contribution < 1.29 is 14.4 Å². The maximum absolute atomic E-state index is 14.6. The van der Waals surface area contributed by atoms with E-state index in [1.165, 1.54) is 6.07 Å². The minimum absolute atomic E-state index is 0.216. The molecule has 0 radical (unpaired) electrons. The predicted molar refractivity (Wildman–Crippen MR) is 147 cm³/mol. The van der Waals surface area contributed by atoms with Gasteiger partial charge in [0.05, 0.1) is 16.6 Å². The highest BCUT2D eigenvalue weighted by molar-refractivity contribution is 6.37. The van der Waals surface area contributed by atoms with Crippen LogP contribution in [0.4, 0.5) is 11.4 Å². The maximum atomic E-state index is 14.6. The number of amides is 2. The summed E-state index contributed by atoms with van der Waals surface area (Å²) in [6, 6.07) is 15.3. The summed E-state index contributed by atoms with van der Waals surface area (Å²) >= 11 is 19.2. The molecular formula is C29H22Cl3N3O3. The van der Waals surface area contributed by atoms with E-state index in [0.717, 1.165) is 12.0 Å². The van der Waals surface area contributed by atoms with Crippen molar-refractivity contribution in [3.8, 4) is 0 Å². The van der Waals surface area contributed by atoms with E-state index in [-0.39, 0.29) is 34.2 Å². The molecule has 38 heavy (non-hydrogen) atoms. The highest BCUT2D eigenvalue weighted by Crippen LogP contribution is 2.68. The van der Waals surface area contributed by atoms with Crippen molar-refractivity contribution in [3.63, 3.8) is 0 Å². The summed E-state index contributed by atoms with van der Waals surface area (Å²) in [5, 5.41) is 7.25. The molecule has 2 fully saturated rings. The van der Waals surface area contributed by atoms with Gasteiger partial charge in [-0.3, -0.25) is 19.3 Å². The lowest BCUT2D eigenvalue weighted by Crippen LogP contribution is -2.62. The molecule has 7 rings (SSSR count). The fourth-order valence-electron chi connectivity index (χ4n) is 7.62. The topological polar surface area (TPSA) is 78.5 Å². The van der Waals surface area contributed by atoms with Gasteiger partial charge in [-0.25, -0.2) is 0 Å². The number of nitrogens with one attached hydrogen (secondary N) is 2. The first-order valence-electron chi connectivity index (χ1n) is 12.5. The molecule has 2 N–H and O–H groups in total. The third-order valence-electron chi connectivity index (χ3n) is 8.95. The first kappa shape index (κ1) is 24.2. The lowest BCUT2D eigenvalue weighted by Gasteiger charge is -2.43. The lowest BCUT2D eigenvalue weighted by atomic mass is 9.57. The lowest BCUT2D eigenvalue weighted by molar-refractivity contribution is -0.137. The van der Waals surface area contributed by atoms with Crippen LogP contribution in [0.25, 0.3) is 0 Å². The Morgan fingerprint density at radius 3 is 2.53 bits per heavy atom. The van der Waals surface area contributed by atoms with Gasteiger partial charge in [0.2, 0.25) is 5.91 Å². The summed E-state index contributed by atoms with van der Waals surface area (Å²) in [6.07, 6.45) is 1.45. The van der Waals surface area contributed by atoms with Crippen molar-refractivity contribution >= 4 is 63.8 Å². The first-order chi connectivity index (χ1) is 18.2. The Labute approximate surface area is 234 Å². The van der Waals surface area contributed by atoms with E-state index in [1.807, 2.05) is 37.3 Å². The number of rotatable bonds is 2. The summed E-state index contributed by atoms with van der Waals surface area (Å²) < 4.78 is 0. The van der Waals surface area contributed by atoms with Gasteiger partial charge in [0.25, 0.3) is 5.91 Å². The number of ketones is 1. The molecule has 0 unspecified atom stereocenters. The van der Waals surface area contributed by atoms with Crippen LogP contribution in [-0.2, 0) is 20.5 Å². The zero-order valence-electron chi connectivity index (χ0n) is 20.3. The number of carbonyl (C=O) groups excluding carboxylic acids is 3. The third-order valence-corrected chi connectivity index (χ3v) is 9.90. The molecule has 4 heterocycles. The number of halogens is 3. The van der Waals surface area contributed by atoms with Crippen molar-refractivity contribution in [1.82, 2.24) is 4.90 Å². The standard InChI is InChI=1S/C29H22Cl3N3O3/c1-14-19(31)11-10-18-24(14)34-27(38)29(18)28(17-5-2-3-6-21(17)33-26(28)37)23(22-7-4-12-35(22)29)25(36)16-9-8-15(30)13-20(16)32/h2-3,5-6,8-11,13,22-23H,4,7,12H2,1H3,(H,33,37)(H,34,38)/t22-,23+,28+,29+/m1/s1. The molecule has 9 heteroatoms. The van der Waals surface area contributed by atoms with Crippen molar-refractivity contribution in [2.75, 3.05) is 17.2 Å². The van der Waals surface area contributed by atoms with Crippen LogP contribution in [0.3, 0.4) is 0 Å². The number of benzene rings is 3. The molecule has 2 amide bonds. The van der Waals surface area contributed by atoms with Gasteiger partial charge in [0, 0.05) is 32.9 Å². The van der Waals surface area contributed by atoms with E-state index >= 15 is 0 Å². The third kappa shape index (κ3) is 2.67. The molecule has 0 saturated carbocycles. The zero-order valence-corrected chi connectivity index (χ0v) is 22.5. The quantitative estimate of drug-likeness (QED) is 0.375. The highest BCUT2D eigenvalue weighted by atomic mass is 35.5. The van der Waals surface area contributed by atoms with Crippen LogP contribution in [0.2, 0.25) is 15.1 Å². The number of carbonyl (C=O) groups is 3. The van der Waals surface area contributed by atoms with Crippen LogP contribution in [-0.4, -0.2) is 35.1 Å². The second-order valence-corrected chi connectivity index (χ2v) is 11.7. The molecule has 2 spiro atoms. The van der Waals surface area contributed by atoms with E-state index < -0.39 is 16.9 Å². The van der Waals surface area contributed by atoms with E-state index in [1.54, 1.807) is 18.2 Å². The van der Waals surface area contributed by atoms with E-state index in [2.05, 4.69) is 15.5 Å². The molecule has 4 aliphatic heterocycles. The number of para-hydroxylation sites is 1. The van der Waals surface area contributed by atoms with Crippen LogP contribution >= 0.6 is 34.8 Å². The smallest absolute Gasteiger partial charge is 0.251 e. The zero-order chi connectivity index (χ0) is 26.6. The van der Waals surface area contributed by atoms with Crippen LogP contribution in [0, 0.1) is 12.8 Å². The normalized spacial score (nSPS) is 28.9. The average Bonchev–Trinajstić information content (AvgIpc) is 3.60. The summed E-state index contributed by atoms with van der Waals surface area (Å²) in [5.41, 5.74) is 0.528. The predicted octanol–water partition coefficient (Wildman–Crippen LogP) is 5.97. The molecule has 2 saturated heterocycles. The summed E-state index contributed by atoms with van der Waals surface area (Å²) in [6.45, 7) is 2.41. The largest absolute Gasteiger partial charge is 0.325 e. The second-order valence-electron chi connectivity index (χ2n) is 10.4. The molecule has 4 atom stereocenters. The Kier molecular flexibility index (Phi) is 5.12. The number of anilines is 2. The minimum Gasteiger partial charge on any atom is -0.325 e. The van der Waals surface area contributed by atoms with Gasteiger partial charge >= 0.3 is 0 Å². The molecule has 3 aromatic rings. The van der Waals surface area contributed by atoms with Gasteiger partial charge in [0.1, 0.15) is 11.0 Å². The number of hydrogen-bond donors (Lipinski definition) is 2. The molecule has 3 aromatic carbocycles. The van der Waals surface area contributed by atoms with Crippen LogP contribution < -0.4 is 10.6 Å². The van der Waals surface area contributed by atoms with Crippen LogP contribution in [0.5, 0.6) is 0 Å². The Bertz CT molecular complexity index is 1610. The van der Waals surface area contributed by atoms with Gasteiger partial charge in [-0.2, -0.15) is 0 Å². The van der Waals surface area contributed by atoms with Crippen molar-refractivity contribution in [3.05, 3.63) is 91.9 Å².